The minimum absolute atomic E-state index is 0.0362. The molecule has 0 bridgehead atoms. The smallest absolute Gasteiger partial charge is 0.338 e. The summed E-state index contributed by atoms with van der Waals surface area (Å²) in [7, 11) is 0. The second kappa shape index (κ2) is 4.47. The molecule has 96 valence electrons. The lowest BCUT2D eigenvalue weighted by atomic mass is 10.2. The Balaban J connectivity index is 2.16. The maximum atomic E-state index is 11.1. The van der Waals surface area contributed by atoms with Gasteiger partial charge in [-0.2, -0.15) is 0 Å². The maximum absolute atomic E-state index is 11.1. The Bertz CT molecular complexity index is 734. The lowest BCUT2D eigenvalue weighted by Crippen LogP contribution is -2.07. The molecule has 0 radical (unpaired) electrons. The Morgan fingerprint density at radius 2 is 2.21 bits per heavy atom. The van der Waals surface area contributed by atoms with E-state index in [4.69, 9.17) is 5.11 Å². The third-order valence-electron chi connectivity index (χ3n) is 3.05. The number of carboxylic acid groups (broad SMARTS) is 1. The van der Waals surface area contributed by atoms with E-state index in [1.54, 1.807) is 28.2 Å². The summed E-state index contributed by atoms with van der Waals surface area (Å²) in [5.74, 6) is -0.985. The molecule has 1 aromatic carbocycles. The second-order valence-corrected chi connectivity index (χ2v) is 5.18. The Morgan fingerprint density at radius 1 is 1.37 bits per heavy atom. The van der Waals surface area contributed by atoms with Crippen molar-refractivity contribution in [3.05, 3.63) is 46.2 Å². The number of hydrogen-bond acceptors (Lipinski definition) is 4. The molecular weight excluding hydrogens is 262 g/mol. The number of hydrogen-bond donors (Lipinski definition) is 1. The number of thiophene rings is 1. The highest BCUT2D eigenvalue weighted by Gasteiger charge is 2.17. The van der Waals surface area contributed by atoms with E-state index in [1.807, 2.05) is 30.5 Å². The van der Waals surface area contributed by atoms with E-state index in [0.29, 0.717) is 5.52 Å². The first-order chi connectivity index (χ1) is 9.18. The minimum atomic E-state index is -0.985. The predicted molar refractivity (Wildman–Crippen MR) is 72.6 cm³/mol. The van der Waals surface area contributed by atoms with E-state index in [2.05, 4.69) is 10.3 Å². The van der Waals surface area contributed by atoms with Crippen LogP contribution in [0.2, 0.25) is 0 Å². The largest absolute Gasteiger partial charge is 0.478 e. The molecule has 0 aliphatic rings. The van der Waals surface area contributed by atoms with Gasteiger partial charge in [0.05, 0.1) is 17.1 Å². The van der Waals surface area contributed by atoms with E-state index in [0.717, 1.165) is 10.4 Å². The summed E-state index contributed by atoms with van der Waals surface area (Å²) >= 11 is 1.64. The molecule has 5 nitrogen and oxygen atoms in total. The fraction of sp³-hybridized carbons (Fsp3) is 0.154. The van der Waals surface area contributed by atoms with E-state index in [9.17, 15) is 4.79 Å². The van der Waals surface area contributed by atoms with Gasteiger partial charge in [-0.25, -0.2) is 9.48 Å². The topological polar surface area (TPSA) is 68.0 Å². The quantitative estimate of drug-likeness (QED) is 0.796. The first-order valence-electron chi connectivity index (χ1n) is 5.79. The van der Waals surface area contributed by atoms with Crippen molar-refractivity contribution in [2.45, 2.75) is 13.0 Å². The monoisotopic (exact) mass is 273 g/mol. The van der Waals surface area contributed by atoms with Gasteiger partial charge >= 0.3 is 5.97 Å². The molecule has 0 amide bonds. The first-order valence-corrected chi connectivity index (χ1v) is 6.67. The van der Waals surface area contributed by atoms with Crippen LogP contribution in [-0.2, 0) is 0 Å². The van der Waals surface area contributed by atoms with Gasteiger partial charge in [0.2, 0.25) is 0 Å². The lowest BCUT2D eigenvalue weighted by Gasteiger charge is -2.10. The third kappa shape index (κ3) is 1.90. The van der Waals surface area contributed by atoms with Gasteiger partial charge in [-0.3, -0.25) is 0 Å². The van der Waals surface area contributed by atoms with Gasteiger partial charge in [0.1, 0.15) is 5.52 Å². The van der Waals surface area contributed by atoms with Gasteiger partial charge < -0.3 is 5.11 Å². The standard InChI is InChI=1S/C13H11N3O2S/c1-8(11-6-3-7-19-11)16-10-5-2-4-9(13(17)18)12(10)14-15-16/h2-8H,1H3,(H,17,18). The molecule has 1 N–H and O–H groups in total. The normalized spacial score (nSPS) is 12.7. The molecule has 0 saturated heterocycles. The van der Waals surface area contributed by atoms with Gasteiger partial charge in [-0.1, -0.05) is 17.3 Å². The number of rotatable bonds is 3. The van der Waals surface area contributed by atoms with Crippen LogP contribution in [0.4, 0.5) is 0 Å². The molecule has 3 aromatic rings. The summed E-state index contributed by atoms with van der Waals surface area (Å²) in [5.41, 5.74) is 1.35. The number of fused-ring (bicyclic) bond motifs is 1. The first kappa shape index (κ1) is 11.9. The van der Waals surface area contributed by atoms with Crippen LogP contribution in [0.1, 0.15) is 28.2 Å². The van der Waals surface area contributed by atoms with Crippen molar-refractivity contribution in [1.82, 2.24) is 15.0 Å². The van der Waals surface area contributed by atoms with Crippen molar-refractivity contribution >= 4 is 28.3 Å². The third-order valence-corrected chi connectivity index (χ3v) is 4.10. The molecule has 0 fully saturated rings. The highest BCUT2D eigenvalue weighted by molar-refractivity contribution is 7.10. The van der Waals surface area contributed by atoms with Gasteiger partial charge in [0.25, 0.3) is 0 Å². The molecule has 0 saturated carbocycles. The van der Waals surface area contributed by atoms with Crippen LogP contribution >= 0.6 is 11.3 Å². The average molecular weight is 273 g/mol. The summed E-state index contributed by atoms with van der Waals surface area (Å²) in [6.45, 7) is 2.02. The van der Waals surface area contributed by atoms with E-state index < -0.39 is 5.97 Å². The maximum Gasteiger partial charge on any atom is 0.338 e. The fourth-order valence-corrected chi connectivity index (χ4v) is 2.84. The van der Waals surface area contributed by atoms with Gasteiger partial charge in [0.15, 0.2) is 0 Å². The van der Waals surface area contributed by atoms with Crippen LogP contribution in [0, 0.1) is 0 Å². The van der Waals surface area contributed by atoms with Gasteiger partial charge in [0, 0.05) is 4.88 Å². The summed E-state index contributed by atoms with van der Waals surface area (Å²) in [5, 5.41) is 19.3. The number of carboxylic acids is 1. The number of carbonyl (C=O) groups is 1. The zero-order chi connectivity index (χ0) is 13.4. The van der Waals surface area contributed by atoms with E-state index >= 15 is 0 Å². The van der Waals surface area contributed by atoms with Crippen LogP contribution in [0.15, 0.2) is 35.7 Å². The van der Waals surface area contributed by atoms with Crippen molar-refractivity contribution in [2.24, 2.45) is 0 Å². The van der Waals surface area contributed by atoms with Gasteiger partial charge in [-0.15, -0.1) is 16.4 Å². The summed E-state index contributed by atoms with van der Waals surface area (Å²) in [6, 6.07) is 9.15. The Hall–Kier alpha value is -2.21. The number of aromatic carboxylic acids is 1. The minimum Gasteiger partial charge on any atom is -0.478 e. The highest BCUT2D eigenvalue weighted by Crippen LogP contribution is 2.26. The average Bonchev–Trinajstić information content (AvgIpc) is 3.06. The van der Waals surface area contributed by atoms with E-state index in [-0.39, 0.29) is 11.6 Å². The van der Waals surface area contributed by atoms with Crippen molar-refractivity contribution in [3.8, 4) is 0 Å². The van der Waals surface area contributed by atoms with Crippen LogP contribution in [0.25, 0.3) is 11.0 Å². The highest BCUT2D eigenvalue weighted by atomic mass is 32.1. The molecular formula is C13H11N3O2S. The second-order valence-electron chi connectivity index (χ2n) is 4.20. The molecule has 1 unspecified atom stereocenters. The molecule has 0 aliphatic heterocycles. The predicted octanol–water partition coefficient (Wildman–Crippen LogP) is 2.80. The summed E-state index contributed by atoms with van der Waals surface area (Å²) in [6.07, 6.45) is 0. The Morgan fingerprint density at radius 3 is 2.89 bits per heavy atom. The van der Waals surface area contributed by atoms with Crippen LogP contribution < -0.4 is 0 Å². The molecule has 6 heteroatoms. The summed E-state index contributed by atoms with van der Waals surface area (Å²) < 4.78 is 1.76. The Kier molecular flexibility index (Phi) is 2.79. The molecule has 0 aliphatic carbocycles. The van der Waals surface area contributed by atoms with Crippen molar-refractivity contribution in [2.75, 3.05) is 0 Å². The van der Waals surface area contributed by atoms with E-state index in [1.165, 1.54) is 0 Å². The van der Waals surface area contributed by atoms with Crippen molar-refractivity contribution < 1.29 is 9.90 Å². The lowest BCUT2D eigenvalue weighted by molar-refractivity contribution is 0.0699. The molecule has 1 atom stereocenters. The molecule has 2 aromatic heterocycles. The van der Waals surface area contributed by atoms with Crippen LogP contribution in [0.3, 0.4) is 0 Å². The molecule has 2 heterocycles. The van der Waals surface area contributed by atoms with Crippen LogP contribution in [0.5, 0.6) is 0 Å². The van der Waals surface area contributed by atoms with Crippen molar-refractivity contribution in [1.29, 1.82) is 0 Å². The molecule has 3 rings (SSSR count). The Labute approximate surface area is 113 Å². The number of benzene rings is 1. The molecule has 19 heavy (non-hydrogen) atoms. The van der Waals surface area contributed by atoms with Crippen molar-refractivity contribution in [3.63, 3.8) is 0 Å². The SMILES string of the molecule is CC(c1cccs1)n1nnc2c(C(=O)O)cccc21. The van der Waals surface area contributed by atoms with Gasteiger partial charge in [-0.05, 0) is 30.5 Å². The molecule has 0 spiro atoms. The summed E-state index contributed by atoms with van der Waals surface area (Å²) in [4.78, 5) is 12.3. The zero-order valence-electron chi connectivity index (χ0n) is 10.1. The number of aromatic nitrogens is 3. The zero-order valence-corrected chi connectivity index (χ0v) is 11.0. The number of nitrogens with zero attached hydrogens (tertiary/aromatic N) is 3. The fourth-order valence-electron chi connectivity index (χ4n) is 2.07. The van der Waals surface area contributed by atoms with Crippen LogP contribution in [-0.4, -0.2) is 26.1 Å².